The number of nitrogens with one attached hydrogen (secondary N) is 2. The maximum Gasteiger partial charge on any atom is 0.251 e. The number of hydrogen-bond acceptors (Lipinski definition) is 7. The van der Waals surface area contributed by atoms with Gasteiger partial charge in [-0.1, -0.05) is 31.5 Å². The summed E-state index contributed by atoms with van der Waals surface area (Å²) < 4.78 is 33.1. The summed E-state index contributed by atoms with van der Waals surface area (Å²) in [6.45, 7) is 2.20. The van der Waals surface area contributed by atoms with Crippen LogP contribution in [0.15, 0.2) is 53.4 Å². The van der Waals surface area contributed by atoms with Crippen LogP contribution in [-0.2, 0) is 19.6 Å². The van der Waals surface area contributed by atoms with E-state index in [1.807, 2.05) is 19.1 Å². The van der Waals surface area contributed by atoms with Gasteiger partial charge in [0, 0.05) is 25.2 Å². The zero-order valence-electron chi connectivity index (χ0n) is 19.8. The first-order chi connectivity index (χ1) is 17.3. The van der Waals surface area contributed by atoms with Crippen LogP contribution in [0.4, 0.5) is 0 Å². The van der Waals surface area contributed by atoms with Crippen molar-refractivity contribution in [1.29, 1.82) is 10.5 Å². The summed E-state index contributed by atoms with van der Waals surface area (Å²) >= 11 is 0. The van der Waals surface area contributed by atoms with Crippen molar-refractivity contribution in [2.45, 2.75) is 36.8 Å². The highest BCUT2D eigenvalue weighted by molar-refractivity contribution is 7.89. The Balaban J connectivity index is 1.62. The van der Waals surface area contributed by atoms with E-state index in [0.29, 0.717) is 18.4 Å². The lowest BCUT2D eigenvalue weighted by Crippen LogP contribution is -2.52. The van der Waals surface area contributed by atoms with E-state index < -0.39 is 34.0 Å². The minimum Gasteiger partial charge on any atom is -0.374 e. The number of amides is 2. The number of ether oxygens (including phenoxy) is 1. The van der Waals surface area contributed by atoms with E-state index in [0.717, 1.165) is 0 Å². The Kier molecular flexibility index (Phi) is 9.14. The third-order valence-corrected chi connectivity index (χ3v) is 7.61. The Labute approximate surface area is 210 Å². The molecule has 10 nitrogen and oxygen atoms in total. The third-order valence-electron chi connectivity index (χ3n) is 5.68. The number of morpholine rings is 1. The average molecular weight is 510 g/mol. The Morgan fingerprint density at radius 2 is 1.94 bits per heavy atom. The normalized spacial score (nSPS) is 16.8. The summed E-state index contributed by atoms with van der Waals surface area (Å²) in [5.41, 5.74) is 0.676. The molecule has 2 atom stereocenters. The van der Waals surface area contributed by atoms with E-state index >= 15 is 0 Å². The van der Waals surface area contributed by atoms with Gasteiger partial charge in [-0.2, -0.15) is 14.8 Å². The zero-order chi connectivity index (χ0) is 26.1. The fraction of sp³-hybridized carbons (Fsp3) is 0.360. The largest absolute Gasteiger partial charge is 0.374 e. The minimum atomic E-state index is -3.92. The van der Waals surface area contributed by atoms with Crippen LogP contribution < -0.4 is 10.6 Å². The van der Waals surface area contributed by atoms with Crippen molar-refractivity contribution in [3.8, 4) is 12.1 Å². The molecular weight excluding hydrogens is 482 g/mol. The highest BCUT2D eigenvalue weighted by Crippen LogP contribution is 2.21. The SMILES string of the molecule is CCC[C@H](NC(=O)c1cccc(C#N)c1)C(=O)NCC1CN(S(=O)(=O)c2ccccc2C#N)CCO1. The Morgan fingerprint density at radius 3 is 2.67 bits per heavy atom. The van der Waals surface area contributed by atoms with Gasteiger partial charge in [0.25, 0.3) is 5.91 Å². The highest BCUT2D eigenvalue weighted by atomic mass is 32.2. The molecule has 2 amide bonds. The van der Waals surface area contributed by atoms with Gasteiger partial charge in [0.2, 0.25) is 15.9 Å². The van der Waals surface area contributed by atoms with Crippen molar-refractivity contribution in [2.75, 3.05) is 26.2 Å². The molecule has 0 bridgehead atoms. The van der Waals surface area contributed by atoms with Crippen LogP contribution in [0.5, 0.6) is 0 Å². The topological polar surface area (TPSA) is 152 Å². The third kappa shape index (κ3) is 6.46. The molecular formula is C25H27N5O5S. The molecule has 0 saturated carbocycles. The van der Waals surface area contributed by atoms with Crippen molar-refractivity contribution in [2.24, 2.45) is 0 Å². The highest BCUT2D eigenvalue weighted by Gasteiger charge is 2.33. The Hall–Kier alpha value is -3.77. The summed E-state index contributed by atoms with van der Waals surface area (Å²) in [5.74, 6) is -0.886. The summed E-state index contributed by atoms with van der Waals surface area (Å²) in [6.07, 6.45) is 0.435. The number of benzene rings is 2. The standard InChI is InChI=1S/C25H27N5O5S/c1-2-6-22(29-24(31)19-9-5-7-18(13-19)14-26)25(32)28-16-21-17-30(11-12-35-21)36(33,34)23-10-4-3-8-20(23)15-27/h3-5,7-10,13,21-22H,2,6,11-12,16-17H2,1H3,(H,28,32)(H,29,31)/t21?,22-/m0/s1. The Bertz CT molecular complexity index is 1300. The summed E-state index contributed by atoms with van der Waals surface area (Å²) in [7, 11) is -3.92. The van der Waals surface area contributed by atoms with Gasteiger partial charge in [-0.25, -0.2) is 8.42 Å². The van der Waals surface area contributed by atoms with Crippen LogP contribution in [0.3, 0.4) is 0 Å². The van der Waals surface area contributed by atoms with E-state index in [9.17, 15) is 23.3 Å². The lowest BCUT2D eigenvalue weighted by molar-refractivity contribution is -0.124. The molecule has 0 spiro atoms. The van der Waals surface area contributed by atoms with E-state index in [4.69, 9.17) is 10.00 Å². The molecule has 2 aromatic carbocycles. The van der Waals surface area contributed by atoms with Crippen LogP contribution in [-0.4, -0.2) is 62.9 Å². The summed E-state index contributed by atoms with van der Waals surface area (Å²) in [4.78, 5) is 25.4. The van der Waals surface area contributed by atoms with Crippen molar-refractivity contribution < 1.29 is 22.7 Å². The van der Waals surface area contributed by atoms with Crippen molar-refractivity contribution in [3.63, 3.8) is 0 Å². The molecule has 1 aliphatic rings. The molecule has 0 aromatic heterocycles. The van der Waals surface area contributed by atoms with Crippen LogP contribution in [0.1, 0.15) is 41.3 Å². The van der Waals surface area contributed by atoms with Crippen molar-refractivity contribution in [1.82, 2.24) is 14.9 Å². The molecule has 0 radical (unpaired) electrons. The minimum absolute atomic E-state index is 0.00807. The molecule has 1 aliphatic heterocycles. The molecule has 36 heavy (non-hydrogen) atoms. The van der Waals surface area contributed by atoms with E-state index in [1.54, 1.807) is 30.3 Å². The second kappa shape index (κ2) is 12.3. The lowest BCUT2D eigenvalue weighted by atomic mass is 10.1. The molecule has 3 rings (SSSR count). The van der Waals surface area contributed by atoms with Gasteiger partial charge in [-0.3, -0.25) is 9.59 Å². The van der Waals surface area contributed by atoms with Crippen LogP contribution in [0.2, 0.25) is 0 Å². The molecule has 1 unspecified atom stereocenters. The molecule has 2 aromatic rings. The van der Waals surface area contributed by atoms with Crippen LogP contribution in [0.25, 0.3) is 0 Å². The predicted octanol–water partition coefficient (Wildman–Crippen LogP) is 1.53. The summed E-state index contributed by atoms with van der Waals surface area (Å²) in [6, 6.07) is 15.3. The molecule has 188 valence electrons. The van der Waals surface area contributed by atoms with Gasteiger partial charge in [0.05, 0.1) is 34.8 Å². The number of sulfonamides is 1. The fourth-order valence-electron chi connectivity index (χ4n) is 3.82. The second-order valence-electron chi connectivity index (χ2n) is 8.22. The Morgan fingerprint density at radius 1 is 1.17 bits per heavy atom. The maximum absolute atomic E-state index is 13.1. The van der Waals surface area contributed by atoms with Gasteiger partial charge in [0.15, 0.2) is 0 Å². The zero-order valence-corrected chi connectivity index (χ0v) is 20.6. The number of hydrogen-bond donors (Lipinski definition) is 2. The first-order valence-electron chi connectivity index (χ1n) is 11.5. The van der Waals surface area contributed by atoms with E-state index in [1.165, 1.54) is 22.5 Å². The fourth-order valence-corrected chi connectivity index (χ4v) is 5.42. The van der Waals surface area contributed by atoms with Gasteiger partial charge in [0.1, 0.15) is 12.1 Å². The van der Waals surface area contributed by atoms with Crippen LogP contribution >= 0.6 is 0 Å². The second-order valence-corrected chi connectivity index (χ2v) is 10.1. The van der Waals surface area contributed by atoms with E-state index in [-0.39, 0.29) is 42.3 Å². The molecule has 2 N–H and O–H groups in total. The van der Waals surface area contributed by atoms with Gasteiger partial charge < -0.3 is 15.4 Å². The number of carbonyl (C=O) groups is 2. The average Bonchev–Trinajstić information content (AvgIpc) is 2.91. The number of rotatable bonds is 9. The molecule has 1 fully saturated rings. The van der Waals surface area contributed by atoms with E-state index in [2.05, 4.69) is 10.6 Å². The van der Waals surface area contributed by atoms with Gasteiger partial charge in [-0.15, -0.1) is 0 Å². The molecule has 0 aliphatic carbocycles. The first-order valence-corrected chi connectivity index (χ1v) is 12.9. The van der Waals surface area contributed by atoms with Crippen molar-refractivity contribution in [3.05, 3.63) is 65.2 Å². The summed E-state index contributed by atoms with van der Waals surface area (Å²) in [5, 5.41) is 23.8. The smallest absolute Gasteiger partial charge is 0.251 e. The first kappa shape index (κ1) is 26.8. The number of carbonyl (C=O) groups excluding carboxylic acids is 2. The lowest BCUT2D eigenvalue weighted by Gasteiger charge is -2.32. The van der Waals surface area contributed by atoms with Crippen LogP contribution in [0, 0.1) is 22.7 Å². The van der Waals surface area contributed by atoms with Crippen molar-refractivity contribution >= 4 is 21.8 Å². The quantitative estimate of drug-likeness (QED) is 0.520. The molecule has 11 heteroatoms. The number of nitriles is 2. The monoisotopic (exact) mass is 509 g/mol. The van der Waals surface area contributed by atoms with Gasteiger partial charge >= 0.3 is 0 Å². The maximum atomic E-state index is 13.1. The predicted molar refractivity (Wildman–Crippen MR) is 130 cm³/mol. The number of nitrogens with zero attached hydrogens (tertiary/aromatic N) is 3. The van der Waals surface area contributed by atoms with Gasteiger partial charge in [-0.05, 0) is 36.8 Å². The molecule has 1 saturated heterocycles. The molecule has 1 heterocycles.